The molecule has 0 aromatic heterocycles. The molecule has 1 aliphatic carbocycles. The van der Waals surface area contributed by atoms with E-state index in [9.17, 15) is 0 Å². The average molecular weight is 149 g/mol. The van der Waals surface area contributed by atoms with Gasteiger partial charge in [0, 0.05) is 6.54 Å². The fraction of sp³-hybridized carbons (Fsp3) is 0.600. The maximum atomic E-state index is 3.43. The maximum absolute atomic E-state index is 3.43. The first-order valence-corrected chi connectivity index (χ1v) is 4.51. The van der Waals surface area contributed by atoms with Gasteiger partial charge in [0.15, 0.2) is 0 Å². The van der Waals surface area contributed by atoms with Crippen LogP contribution in [-0.4, -0.2) is 13.1 Å². The molecular formula is C10H15N. The summed E-state index contributed by atoms with van der Waals surface area (Å²) in [6.07, 6.45) is 11.6. The maximum Gasteiger partial charge on any atom is 0.00171 e. The highest BCUT2D eigenvalue weighted by Crippen LogP contribution is 2.25. The topological polar surface area (TPSA) is 12.0 Å². The molecule has 2 aliphatic rings. The Morgan fingerprint density at radius 1 is 1.27 bits per heavy atom. The van der Waals surface area contributed by atoms with Crippen LogP contribution in [0.5, 0.6) is 0 Å². The first-order valence-electron chi connectivity index (χ1n) is 4.51. The van der Waals surface area contributed by atoms with E-state index in [4.69, 9.17) is 0 Å². The zero-order chi connectivity index (χ0) is 7.52. The molecule has 11 heavy (non-hydrogen) atoms. The first-order chi connectivity index (χ1) is 5.47. The quantitative estimate of drug-likeness (QED) is 0.553. The van der Waals surface area contributed by atoms with E-state index in [1.165, 1.54) is 25.9 Å². The molecule has 1 heterocycles. The molecule has 0 bridgehead atoms. The Balaban J connectivity index is 2.07. The van der Waals surface area contributed by atoms with Crippen molar-refractivity contribution < 1.29 is 0 Å². The highest BCUT2D eigenvalue weighted by molar-refractivity contribution is 5.10. The number of hydrogen-bond donors (Lipinski definition) is 1. The highest BCUT2D eigenvalue weighted by atomic mass is 14.9. The minimum absolute atomic E-state index is 0.791. The van der Waals surface area contributed by atoms with E-state index in [0.717, 1.165) is 11.8 Å². The molecule has 2 unspecified atom stereocenters. The SMILES string of the molecule is C1=CCC2CCNCC2C=C1. The minimum Gasteiger partial charge on any atom is -0.316 e. The molecule has 60 valence electrons. The van der Waals surface area contributed by atoms with Crippen LogP contribution < -0.4 is 5.32 Å². The molecule has 0 aromatic carbocycles. The Morgan fingerprint density at radius 3 is 3.27 bits per heavy atom. The first kappa shape index (κ1) is 7.11. The average Bonchev–Trinajstić information content (AvgIpc) is 2.28. The van der Waals surface area contributed by atoms with Gasteiger partial charge in [0.25, 0.3) is 0 Å². The summed E-state index contributed by atoms with van der Waals surface area (Å²) >= 11 is 0. The monoisotopic (exact) mass is 149 g/mol. The summed E-state index contributed by atoms with van der Waals surface area (Å²) in [5.74, 6) is 1.70. The molecule has 1 aliphatic heterocycles. The molecular weight excluding hydrogens is 134 g/mol. The van der Waals surface area contributed by atoms with E-state index < -0.39 is 0 Å². The lowest BCUT2D eigenvalue weighted by Crippen LogP contribution is -2.35. The Hall–Kier alpha value is -0.560. The van der Waals surface area contributed by atoms with Gasteiger partial charge in [-0.2, -0.15) is 0 Å². The summed E-state index contributed by atoms with van der Waals surface area (Å²) in [6, 6.07) is 0. The van der Waals surface area contributed by atoms with E-state index in [-0.39, 0.29) is 0 Å². The number of piperidine rings is 1. The van der Waals surface area contributed by atoms with Crippen LogP contribution in [0, 0.1) is 11.8 Å². The van der Waals surface area contributed by atoms with Crippen LogP contribution >= 0.6 is 0 Å². The van der Waals surface area contributed by atoms with Gasteiger partial charge in [-0.3, -0.25) is 0 Å². The Bertz CT molecular complexity index is 181. The van der Waals surface area contributed by atoms with Crippen LogP contribution in [0.2, 0.25) is 0 Å². The van der Waals surface area contributed by atoms with Crippen molar-refractivity contribution in [3.63, 3.8) is 0 Å². The summed E-state index contributed by atoms with van der Waals surface area (Å²) in [5, 5.41) is 3.43. The molecule has 0 spiro atoms. The van der Waals surface area contributed by atoms with Gasteiger partial charge in [-0.25, -0.2) is 0 Å². The molecule has 0 radical (unpaired) electrons. The lowest BCUT2D eigenvalue weighted by Gasteiger charge is -2.28. The number of allylic oxidation sites excluding steroid dienone is 3. The van der Waals surface area contributed by atoms with E-state index >= 15 is 0 Å². The number of fused-ring (bicyclic) bond motifs is 1. The third-order valence-electron chi connectivity index (χ3n) is 2.72. The molecule has 1 nitrogen and oxygen atoms in total. The smallest absolute Gasteiger partial charge is 0.00171 e. The molecule has 1 fully saturated rings. The minimum atomic E-state index is 0.791. The zero-order valence-corrected chi connectivity index (χ0v) is 6.79. The zero-order valence-electron chi connectivity index (χ0n) is 6.79. The fourth-order valence-electron chi connectivity index (χ4n) is 1.99. The molecule has 2 rings (SSSR count). The van der Waals surface area contributed by atoms with Gasteiger partial charge in [0.1, 0.15) is 0 Å². The Morgan fingerprint density at radius 2 is 2.27 bits per heavy atom. The van der Waals surface area contributed by atoms with Gasteiger partial charge in [-0.1, -0.05) is 24.3 Å². The highest BCUT2D eigenvalue weighted by Gasteiger charge is 2.21. The van der Waals surface area contributed by atoms with Crippen molar-refractivity contribution in [2.24, 2.45) is 11.8 Å². The van der Waals surface area contributed by atoms with Crippen molar-refractivity contribution in [3.8, 4) is 0 Å². The van der Waals surface area contributed by atoms with Gasteiger partial charge >= 0.3 is 0 Å². The normalized spacial score (nSPS) is 36.4. The van der Waals surface area contributed by atoms with Crippen molar-refractivity contribution in [2.75, 3.05) is 13.1 Å². The van der Waals surface area contributed by atoms with Crippen molar-refractivity contribution in [1.29, 1.82) is 0 Å². The summed E-state index contributed by atoms with van der Waals surface area (Å²) in [5.41, 5.74) is 0. The predicted molar refractivity (Wildman–Crippen MR) is 47.4 cm³/mol. The number of rotatable bonds is 0. The summed E-state index contributed by atoms with van der Waals surface area (Å²) in [6.45, 7) is 2.39. The van der Waals surface area contributed by atoms with Crippen LogP contribution in [-0.2, 0) is 0 Å². The standard InChI is InChI=1S/C10H15N/c1-2-4-9-6-7-11-8-10(9)5-3-1/h1-3,5,9-11H,4,6-8H2. The predicted octanol–water partition coefficient (Wildman–Crippen LogP) is 1.73. The fourth-order valence-corrected chi connectivity index (χ4v) is 1.99. The van der Waals surface area contributed by atoms with E-state index in [0.29, 0.717) is 0 Å². The van der Waals surface area contributed by atoms with Crippen molar-refractivity contribution in [1.82, 2.24) is 5.32 Å². The Kier molecular flexibility index (Phi) is 2.08. The van der Waals surface area contributed by atoms with Gasteiger partial charge in [0.05, 0.1) is 0 Å². The van der Waals surface area contributed by atoms with Gasteiger partial charge < -0.3 is 5.32 Å². The van der Waals surface area contributed by atoms with Gasteiger partial charge in [-0.15, -0.1) is 0 Å². The summed E-state index contributed by atoms with van der Waals surface area (Å²) < 4.78 is 0. The lowest BCUT2D eigenvalue weighted by atomic mass is 9.85. The molecule has 1 heteroatoms. The largest absolute Gasteiger partial charge is 0.316 e. The third kappa shape index (κ3) is 1.54. The lowest BCUT2D eigenvalue weighted by molar-refractivity contribution is 0.305. The van der Waals surface area contributed by atoms with Gasteiger partial charge in [0.2, 0.25) is 0 Å². The molecule has 0 amide bonds. The van der Waals surface area contributed by atoms with Crippen molar-refractivity contribution >= 4 is 0 Å². The second-order valence-corrected chi connectivity index (χ2v) is 3.47. The number of nitrogens with one attached hydrogen (secondary N) is 1. The van der Waals surface area contributed by atoms with E-state index in [1.54, 1.807) is 0 Å². The second kappa shape index (κ2) is 3.22. The van der Waals surface area contributed by atoms with Crippen LogP contribution in [0.4, 0.5) is 0 Å². The molecule has 1 saturated heterocycles. The van der Waals surface area contributed by atoms with Crippen LogP contribution in [0.15, 0.2) is 24.3 Å². The molecule has 2 atom stereocenters. The molecule has 0 saturated carbocycles. The van der Waals surface area contributed by atoms with Crippen LogP contribution in [0.1, 0.15) is 12.8 Å². The molecule has 0 aromatic rings. The third-order valence-corrected chi connectivity index (χ3v) is 2.72. The second-order valence-electron chi connectivity index (χ2n) is 3.47. The van der Waals surface area contributed by atoms with Crippen molar-refractivity contribution in [2.45, 2.75) is 12.8 Å². The number of hydrogen-bond acceptors (Lipinski definition) is 1. The van der Waals surface area contributed by atoms with Gasteiger partial charge in [-0.05, 0) is 31.2 Å². The Labute approximate surface area is 68.2 Å². The van der Waals surface area contributed by atoms with E-state index in [1.807, 2.05) is 0 Å². The van der Waals surface area contributed by atoms with Crippen LogP contribution in [0.25, 0.3) is 0 Å². The van der Waals surface area contributed by atoms with Crippen LogP contribution in [0.3, 0.4) is 0 Å². The summed E-state index contributed by atoms with van der Waals surface area (Å²) in [7, 11) is 0. The summed E-state index contributed by atoms with van der Waals surface area (Å²) in [4.78, 5) is 0. The van der Waals surface area contributed by atoms with Crippen molar-refractivity contribution in [3.05, 3.63) is 24.3 Å². The van der Waals surface area contributed by atoms with E-state index in [2.05, 4.69) is 29.6 Å². The molecule has 1 N–H and O–H groups in total.